The second-order valence-electron chi connectivity index (χ2n) is 6.58. The summed E-state index contributed by atoms with van der Waals surface area (Å²) in [7, 11) is 0. The van der Waals surface area contributed by atoms with Crippen LogP contribution in [0.2, 0.25) is 5.02 Å². The first kappa shape index (κ1) is 15.7. The predicted molar refractivity (Wildman–Crippen MR) is 88.8 cm³/mol. The van der Waals surface area contributed by atoms with Crippen molar-refractivity contribution in [3.05, 3.63) is 34.3 Å². The highest BCUT2D eigenvalue weighted by atomic mass is 35.5. The Balaban J connectivity index is 1.80. The van der Waals surface area contributed by atoms with Gasteiger partial charge in [0.2, 0.25) is 6.08 Å². The maximum Gasteiger partial charge on any atom is 0.235 e. The van der Waals surface area contributed by atoms with Crippen molar-refractivity contribution < 1.29 is 4.79 Å². The van der Waals surface area contributed by atoms with Crippen molar-refractivity contribution in [2.75, 3.05) is 13.1 Å². The molecule has 0 aromatic heterocycles. The Kier molecular flexibility index (Phi) is 4.97. The lowest BCUT2D eigenvalue weighted by molar-refractivity contribution is 0.221. The van der Waals surface area contributed by atoms with Crippen LogP contribution in [0.5, 0.6) is 0 Å². The molecule has 0 bridgehead atoms. The largest absolute Gasteiger partial charge is 0.299 e. The molecule has 1 saturated heterocycles. The average molecular weight is 319 g/mol. The smallest absolute Gasteiger partial charge is 0.235 e. The number of rotatable bonds is 4. The van der Waals surface area contributed by atoms with Gasteiger partial charge in [-0.15, -0.1) is 0 Å². The third-order valence-corrected chi connectivity index (χ3v) is 5.48. The minimum Gasteiger partial charge on any atom is -0.299 e. The van der Waals surface area contributed by atoms with E-state index < -0.39 is 0 Å². The summed E-state index contributed by atoms with van der Waals surface area (Å²) >= 11 is 6.52. The second kappa shape index (κ2) is 6.95. The molecule has 4 heteroatoms. The zero-order chi connectivity index (χ0) is 15.4. The SMILES string of the molecule is O=C=NC1(c2ccc(CN3CCCCC3)c(Cl)c2)CCCC1. The number of aliphatic imine (C=N–C) groups is 1. The molecule has 0 amide bonds. The van der Waals surface area contributed by atoms with Crippen LogP contribution >= 0.6 is 11.6 Å². The monoisotopic (exact) mass is 318 g/mol. The summed E-state index contributed by atoms with van der Waals surface area (Å²) in [6, 6.07) is 6.25. The molecule has 1 heterocycles. The molecule has 3 rings (SSSR count). The van der Waals surface area contributed by atoms with Gasteiger partial charge in [0.15, 0.2) is 0 Å². The van der Waals surface area contributed by atoms with Crippen LogP contribution in [-0.4, -0.2) is 24.1 Å². The van der Waals surface area contributed by atoms with Crippen molar-refractivity contribution in [3.63, 3.8) is 0 Å². The van der Waals surface area contributed by atoms with Crippen LogP contribution in [0, 0.1) is 0 Å². The summed E-state index contributed by atoms with van der Waals surface area (Å²) in [5.74, 6) is 0. The fraction of sp³-hybridized carbons (Fsp3) is 0.611. The molecular weight excluding hydrogens is 296 g/mol. The molecule has 0 N–H and O–H groups in total. The zero-order valence-electron chi connectivity index (χ0n) is 13.0. The van der Waals surface area contributed by atoms with Gasteiger partial charge in [0, 0.05) is 11.6 Å². The average Bonchev–Trinajstić information content (AvgIpc) is 3.00. The van der Waals surface area contributed by atoms with Crippen LogP contribution in [0.4, 0.5) is 0 Å². The molecule has 118 valence electrons. The first-order valence-corrected chi connectivity index (χ1v) is 8.72. The Morgan fingerprint density at radius 1 is 1.14 bits per heavy atom. The maximum absolute atomic E-state index is 10.8. The summed E-state index contributed by atoms with van der Waals surface area (Å²) in [6.07, 6.45) is 9.74. The fourth-order valence-corrected chi connectivity index (χ4v) is 4.08. The van der Waals surface area contributed by atoms with Crippen LogP contribution in [-0.2, 0) is 16.9 Å². The Morgan fingerprint density at radius 2 is 1.86 bits per heavy atom. The Hall–Kier alpha value is -1.15. The molecule has 0 unspecified atom stereocenters. The van der Waals surface area contributed by atoms with Gasteiger partial charge in [-0.25, -0.2) is 4.79 Å². The van der Waals surface area contributed by atoms with Crippen molar-refractivity contribution in [1.29, 1.82) is 0 Å². The first-order valence-electron chi connectivity index (χ1n) is 8.34. The van der Waals surface area contributed by atoms with Gasteiger partial charge in [0.1, 0.15) is 0 Å². The molecular formula is C18H23ClN2O. The summed E-state index contributed by atoms with van der Waals surface area (Å²) < 4.78 is 0. The molecule has 1 saturated carbocycles. The van der Waals surface area contributed by atoms with Gasteiger partial charge in [-0.1, -0.05) is 43.0 Å². The van der Waals surface area contributed by atoms with Crippen molar-refractivity contribution in [3.8, 4) is 0 Å². The number of isocyanates is 1. The summed E-state index contributed by atoms with van der Waals surface area (Å²) in [4.78, 5) is 17.4. The minimum absolute atomic E-state index is 0.380. The lowest BCUT2D eigenvalue weighted by atomic mass is 9.88. The third-order valence-electron chi connectivity index (χ3n) is 5.12. The molecule has 0 spiro atoms. The number of halogens is 1. The van der Waals surface area contributed by atoms with Crippen molar-refractivity contribution in [1.82, 2.24) is 4.90 Å². The van der Waals surface area contributed by atoms with Crippen molar-refractivity contribution in [2.24, 2.45) is 4.99 Å². The van der Waals surface area contributed by atoms with Crippen molar-refractivity contribution in [2.45, 2.75) is 57.0 Å². The lowest BCUT2D eigenvalue weighted by Gasteiger charge is -2.28. The number of benzene rings is 1. The highest BCUT2D eigenvalue weighted by molar-refractivity contribution is 6.31. The van der Waals surface area contributed by atoms with E-state index >= 15 is 0 Å². The normalized spacial score (nSPS) is 21.5. The standard InChI is InChI=1S/C18H23ClN2O/c19-17-12-16(18(20-14-22)8-2-3-9-18)7-6-15(17)13-21-10-4-1-5-11-21/h6-7,12H,1-5,8-11,13H2. The minimum atomic E-state index is -0.380. The van der Waals surface area contributed by atoms with Crippen LogP contribution in [0.25, 0.3) is 0 Å². The number of hydrogen-bond acceptors (Lipinski definition) is 3. The molecule has 1 aromatic rings. The molecule has 1 aliphatic heterocycles. The summed E-state index contributed by atoms with van der Waals surface area (Å²) in [5.41, 5.74) is 1.87. The maximum atomic E-state index is 10.8. The van der Waals surface area contributed by atoms with Crippen LogP contribution < -0.4 is 0 Å². The van der Waals surface area contributed by atoms with E-state index in [-0.39, 0.29) is 5.54 Å². The lowest BCUT2D eigenvalue weighted by Crippen LogP contribution is -2.29. The quantitative estimate of drug-likeness (QED) is 0.607. The topological polar surface area (TPSA) is 32.7 Å². The van der Waals surface area contributed by atoms with E-state index in [2.05, 4.69) is 22.0 Å². The van der Waals surface area contributed by atoms with Gasteiger partial charge in [0.25, 0.3) is 0 Å². The highest BCUT2D eigenvalue weighted by Gasteiger charge is 2.35. The Morgan fingerprint density at radius 3 is 2.50 bits per heavy atom. The van der Waals surface area contributed by atoms with E-state index in [0.29, 0.717) is 0 Å². The number of nitrogens with zero attached hydrogens (tertiary/aromatic N) is 2. The van der Waals surface area contributed by atoms with Gasteiger partial charge >= 0.3 is 0 Å². The van der Waals surface area contributed by atoms with Crippen LogP contribution in [0.15, 0.2) is 23.2 Å². The van der Waals surface area contributed by atoms with E-state index in [1.807, 2.05) is 6.07 Å². The molecule has 2 aliphatic rings. The molecule has 0 radical (unpaired) electrons. The van der Waals surface area contributed by atoms with E-state index in [1.165, 1.54) is 24.8 Å². The second-order valence-corrected chi connectivity index (χ2v) is 6.99. The molecule has 22 heavy (non-hydrogen) atoms. The first-order chi connectivity index (χ1) is 10.7. The number of piperidine rings is 1. The Labute approximate surface area is 137 Å². The molecule has 1 aromatic carbocycles. The van der Waals surface area contributed by atoms with E-state index in [0.717, 1.165) is 55.9 Å². The third kappa shape index (κ3) is 3.27. The Bertz CT molecular complexity index is 568. The number of hydrogen-bond donors (Lipinski definition) is 0. The fourth-order valence-electron chi connectivity index (χ4n) is 3.84. The van der Waals surface area contributed by atoms with Gasteiger partial charge < -0.3 is 0 Å². The van der Waals surface area contributed by atoms with Gasteiger partial charge in [0.05, 0.1) is 5.54 Å². The number of carbonyl (C=O) groups excluding carboxylic acids is 1. The highest BCUT2D eigenvalue weighted by Crippen LogP contribution is 2.43. The summed E-state index contributed by atoms with van der Waals surface area (Å²) in [5, 5.41) is 0.801. The zero-order valence-corrected chi connectivity index (χ0v) is 13.7. The van der Waals surface area contributed by atoms with Gasteiger partial charge in [-0.05, 0) is 56.0 Å². The molecule has 2 fully saturated rings. The van der Waals surface area contributed by atoms with E-state index in [9.17, 15) is 4.79 Å². The van der Waals surface area contributed by atoms with Crippen LogP contribution in [0.1, 0.15) is 56.1 Å². The number of likely N-dealkylation sites (tertiary alicyclic amines) is 1. The molecule has 3 nitrogen and oxygen atoms in total. The van der Waals surface area contributed by atoms with Gasteiger partial charge in [-0.3, -0.25) is 4.90 Å². The van der Waals surface area contributed by atoms with E-state index in [4.69, 9.17) is 11.6 Å². The summed E-state index contributed by atoms with van der Waals surface area (Å²) in [6.45, 7) is 3.25. The van der Waals surface area contributed by atoms with E-state index in [1.54, 1.807) is 6.08 Å². The van der Waals surface area contributed by atoms with Crippen LogP contribution in [0.3, 0.4) is 0 Å². The molecule has 0 atom stereocenters. The molecule has 1 aliphatic carbocycles. The van der Waals surface area contributed by atoms with Gasteiger partial charge in [-0.2, -0.15) is 4.99 Å². The predicted octanol–water partition coefficient (Wildman–Crippen LogP) is 4.43. The van der Waals surface area contributed by atoms with Crippen molar-refractivity contribution >= 4 is 17.7 Å².